The van der Waals surface area contributed by atoms with Crippen molar-refractivity contribution in [3.63, 3.8) is 0 Å². The van der Waals surface area contributed by atoms with E-state index in [9.17, 15) is 19.8 Å². The van der Waals surface area contributed by atoms with Gasteiger partial charge in [0, 0.05) is 71.2 Å². The Labute approximate surface area is 467 Å². The number of aliphatic hydroxyl groups is 2. The smallest absolute Gasteiger partial charge is 0.225 e. The maximum Gasteiger partial charge on any atom is 0.225 e. The number of likely N-dealkylation sites (tertiary alicyclic amines) is 1. The lowest BCUT2D eigenvalue weighted by molar-refractivity contribution is -0.133. The Morgan fingerprint density at radius 3 is 1.32 bits per heavy atom. The lowest BCUT2D eigenvalue weighted by atomic mass is 9.77. The molecule has 4 saturated heterocycles. The van der Waals surface area contributed by atoms with Gasteiger partial charge >= 0.3 is 0 Å². The Hall–Kier alpha value is -1.08. The van der Waals surface area contributed by atoms with Crippen LogP contribution in [0.2, 0.25) is 0 Å². The van der Waals surface area contributed by atoms with Crippen molar-refractivity contribution in [1.82, 2.24) is 9.80 Å². The molecule has 6 aliphatic heterocycles. The molecular weight excluding hydrogens is 961 g/mol. The second-order valence-corrected chi connectivity index (χ2v) is 27.0. The number of carbonyl (C=O) groups excluding carboxylic acids is 2. The Morgan fingerprint density at radius 2 is 1.03 bits per heavy atom. The molecule has 1 aliphatic carbocycles. The molecule has 0 radical (unpaired) electrons. The Bertz CT molecular complexity index is 1360. The van der Waals surface area contributed by atoms with Crippen LogP contribution in [0.15, 0.2) is 23.3 Å². The molecule has 0 unspecified atom stereocenters. The largest absolute Gasteiger partial charge is 0.390 e. The van der Waals surface area contributed by atoms with Gasteiger partial charge in [0.05, 0.1) is 24.4 Å². The first-order valence-electron chi connectivity index (χ1n) is 30.0. The topological polar surface area (TPSA) is 109 Å². The molecule has 11 heteroatoms. The summed E-state index contributed by atoms with van der Waals surface area (Å²) in [5.41, 5.74) is 2.45. The Kier molecular flexibility index (Phi) is 41.3. The van der Waals surface area contributed by atoms with E-state index in [0.717, 1.165) is 101 Å². The van der Waals surface area contributed by atoms with E-state index < -0.39 is 5.60 Å². The molecule has 0 aromatic rings. The van der Waals surface area contributed by atoms with Crippen molar-refractivity contribution >= 4 is 35.3 Å². The summed E-state index contributed by atoms with van der Waals surface area (Å²) < 4.78 is 15.6. The fourth-order valence-electron chi connectivity index (χ4n) is 9.76. The first kappa shape index (κ1) is 72.9. The number of thioether (sulfide) groups is 2. The minimum atomic E-state index is -0.446. The minimum absolute atomic E-state index is 0.130. The van der Waals surface area contributed by atoms with Gasteiger partial charge in [-0.3, -0.25) is 9.59 Å². The maximum atomic E-state index is 11.3. The number of amides is 2. The van der Waals surface area contributed by atoms with Crippen LogP contribution >= 0.6 is 23.5 Å². The van der Waals surface area contributed by atoms with Crippen molar-refractivity contribution in [3.05, 3.63) is 23.3 Å². The third-order valence-electron chi connectivity index (χ3n) is 16.0. The Morgan fingerprint density at radius 1 is 0.554 bits per heavy atom. The van der Waals surface area contributed by atoms with Gasteiger partial charge < -0.3 is 34.2 Å². The number of ether oxygens (including phenoxy) is 3. The van der Waals surface area contributed by atoms with Crippen molar-refractivity contribution < 1.29 is 34.0 Å². The molecule has 5 fully saturated rings. The molecule has 0 atom stereocenters. The van der Waals surface area contributed by atoms with Crippen LogP contribution in [-0.4, -0.2) is 133 Å². The molecule has 0 aromatic heterocycles. The zero-order valence-electron chi connectivity index (χ0n) is 51.7. The highest BCUT2D eigenvalue weighted by Crippen LogP contribution is 2.34. The highest BCUT2D eigenvalue weighted by molar-refractivity contribution is 7.99. The van der Waals surface area contributed by atoms with E-state index in [1.54, 1.807) is 30.1 Å². The molecule has 438 valence electrons. The van der Waals surface area contributed by atoms with Crippen LogP contribution in [0.5, 0.6) is 0 Å². The summed E-state index contributed by atoms with van der Waals surface area (Å²) in [7, 11) is 3.53. The average Bonchev–Trinajstić information content (AvgIpc) is 3.94. The molecule has 7 aliphatic rings. The highest BCUT2D eigenvalue weighted by Gasteiger charge is 2.33. The minimum Gasteiger partial charge on any atom is -0.390 e. The zero-order chi connectivity index (χ0) is 56.3. The van der Waals surface area contributed by atoms with Crippen LogP contribution < -0.4 is 0 Å². The lowest BCUT2D eigenvalue weighted by Gasteiger charge is -2.35. The summed E-state index contributed by atoms with van der Waals surface area (Å²) in [6.07, 6.45) is 22.3. The van der Waals surface area contributed by atoms with Gasteiger partial charge in [0.2, 0.25) is 11.8 Å². The summed E-state index contributed by atoms with van der Waals surface area (Å²) in [6, 6.07) is 0. The first-order chi connectivity index (χ1) is 34.8. The normalized spacial score (nSPS) is 20.8. The van der Waals surface area contributed by atoms with Crippen LogP contribution in [-0.2, 0) is 23.8 Å². The van der Waals surface area contributed by atoms with Crippen molar-refractivity contribution in [2.45, 2.75) is 218 Å². The summed E-state index contributed by atoms with van der Waals surface area (Å²) in [5.74, 6) is 12.2. The molecular formula is C63H122N2O7S2. The molecule has 0 bridgehead atoms. The molecule has 7 rings (SSSR count). The van der Waals surface area contributed by atoms with Crippen molar-refractivity contribution in [2.24, 2.45) is 59.2 Å². The van der Waals surface area contributed by atoms with E-state index in [1.807, 2.05) is 44.4 Å². The molecule has 0 aromatic carbocycles. The van der Waals surface area contributed by atoms with Gasteiger partial charge in [0.15, 0.2) is 0 Å². The molecule has 1 saturated carbocycles. The number of hydrogen-bond acceptors (Lipinski definition) is 9. The summed E-state index contributed by atoms with van der Waals surface area (Å²) in [4.78, 5) is 25.6. The van der Waals surface area contributed by atoms with E-state index in [4.69, 9.17) is 14.2 Å². The molecule has 0 spiro atoms. The maximum absolute atomic E-state index is 11.3. The van der Waals surface area contributed by atoms with Crippen molar-refractivity contribution in [3.8, 4) is 0 Å². The van der Waals surface area contributed by atoms with E-state index >= 15 is 0 Å². The van der Waals surface area contributed by atoms with Gasteiger partial charge in [-0.1, -0.05) is 153 Å². The molecule has 9 nitrogen and oxygen atoms in total. The van der Waals surface area contributed by atoms with Gasteiger partial charge in [0.1, 0.15) is 0 Å². The SMILES string of the molecule is CC(C)C(=O)N(C)C.CC(C)C(=O)N1CCCC1.CC(C)C1(O)CCCCC1.CC(C)C1(O)CCOCC1.CC(C)C1=CCOCC1.CC(C)C1=CCSCC1.CC(C)C1CCOCC1.CC(C)C1CCSCC1. The summed E-state index contributed by atoms with van der Waals surface area (Å²) >= 11 is 4.16. The number of hydrogen-bond donors (Lipinski definition) is 2. The fourth-order valence-corrected chi connectivity index (χ4v) is 11.8. The fraction of sp³-hybridized carbons (Fsp3) is 0.905. The Balaban J connectivity index is 0.000000824. The monoisotopic (exact) mass is 1080 g/mol. The zero-order valence-corrected chi connectivity index (χ0v) is 53.3. The highest BCUT2D eigenvalue weighted by atomic mass is 32.2. The van der Waals surface area contributed by atoms with E-state index in [0.29, 0.717) is 36.9 Å². The molecule has 74 heavy (non-hydrogen) atoms. The van der Waals surface area contributed by atoms with Gasteiger partial charge in [-0.05, 0) is 142 Å². The summed E-state index contributed by atoms with van der Waals surface area (Å²) in [5, 5.41) is 19.8. The third kappa shape index (κ3) is 33.4. The van der Waals surface area contributed by atoms with Gasteiger partial charge in [0.25, 0.3) is 0 Å². The van der Waals surface area contributed by atoms with Gasteiger partial charge in [-0.25, -0.2) is 0 Å². The average molecular weight is 1080 g/mol. The van der Waals surface area contributed by atoms with Gasteiger partial charge in [-0.2, -0.15) is 23.5 Å². The number of carbonyl (C=O) groups is 2. The number of nitrogens with zero attached hydrogens (tertiary/aromatic N) is 2. The van der Waals surface area contributed by atoms with Crippen LogP contribution in [0.4, 0.5) is 0 Å². The van der Waals surface area contributed by atoms with Crippen LogP contribution in [0.25, 0.3) is 0 Å². The second kappa shape index (κ2) is 41.9. The number of allylic oxidation sites excluding steroid dienone is 1. The van der Waals surface area contributed by atoms with Gasteiger partial charge in [-0.15, -0.1) is 0 Å². The van der Waals surface area contributed by atoms with E-state index in [2.05, 4.69) is 107 Å². The molecule has 2 N–H and O–H groups in total. The lowest BCUT2D eigenvalue weighted by Crippen LogP contribution is -2.40. The first-order valence-corrected chi connectivity index (χ1v) is 32.3. The van der Waals surface area contributed by atoms with Crippen LogP contribution in [0.1, 0.15) is 207 Å². The van der Waals surface area contributed by atoms with Crippen molar-refractivity contribution in [2.75, 3.05) is 89.8 Å². The standard InChI is InChI=1S/C9H18O.C8H15NO.C8H16O2.C8H16O.C8H14O.C8H16S.C8H14S.C6H13NO/c1-8(2)9(10)6-4-3-5-7-9;1-7(2)8(10)9-5-3-4-6-9;1-7(2)8(9)3-5-10-6-4-8;4*1-7(2)8-3-5-9-6-4-8;1-5(2)6(8)7(3)4/h8,10H,3-7H2,1-2H3;7H,3-6H2,1-2H3;7,9H,3-6H2,1-2H3;7-8H,3-6H2,1-2H3;3,7H,4-6H2,1-2H3;7-8H,3-6H2,1-2H3;3,7H,4-6H2,1-2H3;5H,1-4H3. The third-order valence-corrected chi connectivity index (χ3v) is 17.9. The predicted molar refractivity (Wildman–Crippen MR) is 323 cm³/mol. The number of rotatable bonds is 8. The van der Waals surface area contributed by atoms with E-state index in [1.165, 1.54) is 87.2 Å². The van der Waals surface area contributed by atoms with Crippen LogP contribution in [0.3, 0.4) is 0 Å². The molecule has 6 heterocycles. The van der Waals surface area contributed by atoms with E-state index in [-0.39, 0.29) is 23.3 Å². The van der Waals surface area contributed by atoms with Crippen molar-refractivity contribution in [1.29, 1.82) is 0 Å². The molecule has 2 amide bonds. The quantitative estimate of drug-likeness (QED) is 0.230. The van der Waals surface area contributed by atoms with Crippen LogP contribution in [0, 0.1) is 59.2 Å². The predicted octanol–water partition coefficient (Wildman–Crippen LogP) is 15.1. The second-order valence-electron chi connectivity index (χ2n) is 24.7. The summed E-state index contributed by atoms with van der Waals surface area (Å²) in [6.45, 7) is 41.5.